The highest BCUT2D eigenvalue weighted by Crippen LogP contribution is 2.42. The topological polar surface area (TPSA) is 70.1 Å². The summed E-state index contributed by atoms with van der Waals surface area (Å²) in [6.07, 6.45) is 6.49. The molecule has 4 aliphatic rings. The van der Waals surface area contributed by atoms with Gasteiger partial charge < -0.3 is 19.6 Å². The normalized spacial score (nSPS) is 30.7. The lowest BCUT2D eigenvalue weighted by Gasteiger charge is -2.49. The van der Waals surface area contributed by atoms with Gasteiger partial charge in [-0.1, -0.05) is 31.0 Å². The number of likely N-dealkylation sites (tertiary alicyclic amines) is 1. The van der Waals surface area contributed by atoms with Gasteiger partial charge in [-0.3, -0.25) is 9.59 Å². The number of amides is 2. The standard InChI is InChI=1S/C24H32N2O4/c27-21(25-12-9-24(29)8-4-3-6-19(24)17-25)15-23(10-13-30-14-11-23)26-16-18-5-1-2-7-20(18)22(26)28/h1-2,5,7,19,29H,3-4,6,8-17H2. The van der Waals surface area contributed by atoms with Gasteiger partial charge in [0, 0.05) is 44.3 Å². The highest BCUT2D eigenvalue weighted by atomic mass is 16.5. The maximum absolute atomic E-state index is 13.5. The molecule has 6 nitrogen and oxygen atoms in total. The predicted octanol–water partition coefficient (Wildman–Crippen LogP) is 2.74. The summed E-state index contributed by atoms with van der Waals surface area (Å²) in [5.41, 5.74) is 0.746. The van der Waals surface area contributed by atoms with E-state index in [1.165, 1.54) is 0 Å². The zero-order chi connectivity index (χ0) is 20.8. The van der Waals surface area contributed by atoms with Gasteiger partial charge in [0.25, 0.3) is 5.91 Å². The summed E-state index contributed by atoms with van der Waals surface area (Å²) < 4.78 is 5.61. The van der Waals surface area contributed by atoms with E-state index < -0.39 is 11.1 Å². The molecule has 0 spiro atoms. The van der Waals surface area contributed by atoms with Crippen molar-refractivity contribution in [2.75, 3.05) is 26.3 Å². The molecule has 0 radical (unpaired) electrons. The lowest BCUT2D eigenvalue weighted by atomic mass is 9.71. The van der Waals surface area contributed by atoms with Crippen molar-refractivity contribution in [3.63, 3.8) is 0 Å². The van der Waals surface area contributed by atoms with E-state index in [0.29, 0.717) is 58.5 Å². The maximum Gasteiger partial charge on any atom is 0.254 e. The van der Waals surface area contributed by atoms with Crippen molar-refractivity contribution in [3.8, 4) is 0 Å². The zero-order valence-electron chi connectivity index (χ0n) is 17.6. The molecule has 3 aliphatic heterocycles. The van der Waals surface area contributed by atoms with Crippen molar-refractivity contribution in [1.82, 2.24) is 9.80 Å². The summed E-state index contributed by atoms with van der Waals surface area (Å²) in [7, 11) is 0. The third-order valence-corrected chi connectivity index (χ3v) is 8.08. The van der Waals surface area contributed by atoms with Crippen LogP contribution in [0.5, 0.6) is 0 Å². The van der Waals surface area contributed by atoms with Gasteiger partial charge in [0.15, 0.2) is 0 Å². The van der Waals surface area contributed by atoms with Crippen molar-refractivity contribution >= 4 is 11.8 Å². The van der Waals surface area contributed by atoms with Gasteiger partial charge in [-0.2, -0.15) is 0 Å². The Bertz CT molecular complexity index is 834. The Morgan fingerprint density at radius 2 is 1.93 bits per heavy atom. The first-order chi connectivity index (χ1) is 14.5. The van der Waals surface area contributed by atoms with Crippen LogP contribution in [0.15, 0.2) is 24.3 Å². The minimum Gasteiger partial charge on any atom is -0.389 e. The van der Waals surface area contributed by atoms with Gasteiger partial charge in [0.05, 0.1) is 17.6 Å². The molecule has 2 saturated heterocycles. The Morgan fingerprint density at radius 1 is 1.13 bits per heavy atom. The number of nitrogens with zero attached hydrogens (tertiary/aromatic N) is 2. The summed E-state index contributed by atoms with van der Waals surface area (Å²) in [6.45, 7) is 3.00. The SMILES string of the molecule is O=C(CC1(N2Cc3ccccc3C2=O)CCOCC1)N1CCC2(O)CCCCC2C1. The Morgan fingerprint density at radius 3 is 2.73 bits per heavy atom. The van der Waals surface area contributed by atoms with E-state index in [1.54, 1.807) is 0 Å². The van der Waals surface area contributed by atoms with Crippen LogP contribution < -0.4 is 0 Å². The van der Waals surface area contributed by atoms with E-state index in [2.05, 4.69) is 0 Å². The van der Waals surface area contributed by atoms with Crippen LogP contribution in [0.1, 0.15) is 67.3 Å². The van der Waals surface area contributed by atoms with Crippen LogP contribution in [0.2, 0.25) is 0 Å². The number of fused-ring (bicyclic) bond motifs is 2. The molecule has 3 heterocycles. The number of carbonyl (C=O) groups is 2. The molecule has 0 bridgehead atoms. The Balaban J connectivity index is 1.34. The van der Waals surface area contributed by atoms with Crippen LogP contribution in [0.25, 0.3) is 0 Å². The van der Waals surface area contributed by atoms with Crippen LogP contribution in [-0.4, -0.2) is 64.2 Å². The van der Waals surface area contributed by atoms with Crippen LogP contribution >= 0.6 is 0 Å². The fourth-order valence-electron chi connectivity index (χ4n) is 6.12. The molecule has 2 atom stereocenters. The number of hydrogen-bond acceptors (Lipinski definition) is 4. The minimum absolute atomic E-state index is 0.0422. The average Bonchev–Trinajstić information content (AvgIpc) is 3.11. The van der Waals surface area contributed by atoms with Crippen molar-refractivity contribution in [3.05, 3.63) is 35.4 Å². The smallest absolute Gasteiger partial charge is 0.254 e. The average molecular weight is 413 g/mol. The molecule has 1 aromatic carbocycles. The summed E-state index contributed by atoms with van der Waals surface area (Å²) in [6, 6.07) is 7.77. The number of benzene rings is 1. The first kappa shape index (κ1) is 20.0. The first-order valence-corrected chi connectivity index (χ1v) is 11.5. The van der Waals surface area contributed by atoms with Crippen LogP contribution in [0.3, 0.4) is 0 Å². The molecule has 1 aliphatic carbocycles. The van der Waals surface area contributed by atoms with Crippen LogP contribution in [0, 0.1) is 5.92 Å². The number of carbonyl (C=O) groups excluding carboxylic acids is 2. The second-order valence-corrected chi connectivity index (χ2v) is 9.70. The fourth-order valence-corrected chi connectivity index (χ4v) is 6.12. The van der Waals surface area contributed by atoms with Crippen LogP contribution in [-0.2, 0) is 16.1 Å². The van der Waals surface area contributed by atoms with E-state index in [4.69, 9.17) is 4.74 Å². The summed E-state index contributed by atoms with van der Waals surface area (Å²) in [5.74, 6) is 0.348. The molecule has 1 aromatic rings. The van der Waals surface area contributed by atoms with E-state index in [-0.39, 0.29) is 17.7 Å². The summed E-state index contributed by atoms with van der Waals surface area (Å²) in [4.78, 5) is 30.6. The third kappa shape index (κ3) is 3.34. The second kappa shape index (κ2) is 7.65. The zero-order valence-corrected chi connectivity index (χ0v) is 17.6. The second-order valence-electron chi connectivity index (χ2n) is 9.70. The van der Waals surface area contributed by atoms with E-state index in [0.717, 1.165) is 36.8 Å². The van der Waals surface area contributed by atoms with Gasteiger partial charge >= 0.3 is 0 Å². The van der Waals surface area contributed by atoms with Crippen LogP contribution in [0.4, 0.5) is 0 Å². The molecule has 2 unspecified atom stereocenters. The number of ether oxygens (including phenoxy) is 1. The molecule has 6 heteroatoms. The Kier molecular flexibility index (Phi) is 5.10. The molecule has 5 rings (SSSR count). The van der Waals surface area contributed by atoms with E-state index in [9.17, 15) is 14.7 Å². The highest BCUT2D eigenvalue weighted by Gasteiger charge is 2.48. The number of hydrogen-bond donors (Lipinski definition) is 1. The Labute approximate surface area is 178 Å². The van der Waals surface area contributed by atoms with Gasteiger partial charge in [-0.15, -0.1) is 0 Å². The third-order valence-electron chi connectivity index (χ3n) is 8.08. The summed E-state index contributed by atoms with van der Waals surface area (Å²) >= 11 is 0. The fraction of sp³-hybridized carbons (Fsp3) is 0.667. The van der Waals surface area contributed by atoms with Gasteiger partial charge in [0.1, 0.15) is 0 Å². The van der Waals surface area contributed by atoms with Crippen molar-refractivity contribution in [1.29, 1.82) is 0 Å². The predicted molar refractivity (Wildman–Crippen MR) is 112 cm³/mol. The van der Waals surface area contributed by atoms with Gasteiger partial charge in [0.2, 0.25) is 5.91 Å². The largest absolute Gasteiger partial charge is 0.389 e. The number of piperidine rings is 1. The lowest BCUT2D eigenvalue weighted by molar-refractivity contribution is -0.147. The van der Waals surface area contributed by atoms with E-state index >= 15 is 0 Å². The molecule has 0 aromatic heterocycles. The number of aliphatic hydroxyl groups is 1. The number of rotatable bonds is 3. The molecule has 3 fully saturated rings. The van der Waals surface area contributed by atoms with Crippen molar-refractivity contribution in [2.45, 2.75) is 69.1 Å². The van der Waals surface area contributed by atoms with E-state index in [1.807, 2.05) is 34.1 Å². The molecule has 2 amide bonds. The Hall–Kier alpha value is -1.92. The molecule has 162 valence electrons. The first-order valence-electron chi connectivity index (χ1n) is 11.5. The van der Waals surface area contributed by atoms with Gasteiger partial charge in [-0.25, -0.2) is 0 Å². The monoisotopic (exact) mass is 412 g/mol. The molecule has 30 heavy (non-hydrogen) atoms. The minimum atomic E-state index is -0.585. The molecule has 1 saturated carbocycles. The quantitative estimate of drug-likeness (QED) is 0.829. The van der Waals surface area contributed by atoms with Crippen molar-refractivity contribution < 1.29 is 19.4 Å². The van der Waals surface area contributed by atoms with Gasteiger partial charge in [-0.05, 0) is 43.7 Å². The van der Waals surface area contributed by atoms with Crippen molar-refractivity contribution in [2.24, 2.45) is 5.92 Å². The molecular weight excluding hydrogens is 380 g/mol. The maximum atomic E-state index is 13.5. The molecular formula is C24H32N2O4. The lowest BCUT2D eigenvalue weighted by Crippen LogP contribution is -2.58. The highest BCUT2D eigenvalue weighted by molar-refractivity contribution is 5.99. The molecule has 1 N–H and O–H groups in total. The summed E-state index contributed by atoms with van der Waals surface area (Å²) in [5, 5.41) is 11.0.